The van der Waals surface area contributed by atoms with Crippen molar-refractivity contribution in [3.05, 3.63) is 65.8 Å². The number of hydrogen-bond acceptors (Lipinski definition) is 0. The number of fused-ring (bicyclic) bond motifs is 1. The van der Waals surface area contributed by atoms with Crippen molar-refractivity contribution in [1.82, 2.24) is 0 Å². The van der Waals surface area contributed by atoms with Crippen LogP contribution in [0.15, 0.2) is 48.6 Å². The molecule has 0 aliphatic heterocycles. The van der Waals surface area contributed by atoms with Crippen LogP contribution in [0, 0.1) is 6.08 Å². The predicted octanol–water partition coefficient (Wildman–Crippen LogP) is 4.40. The van der Waals surface area contributed by atoms with Crippen LogP contribution in [0.3, 0.4) is 0 Å². The van der Waals surface area contributed by atoms with Gasteiger partial charge in [0.2, 0.25) is 0 Å². The summed E-state index contributed by atoms with van der Waals surface area (Å²) in [6.07, 6.45) is 15.5. The molecule has 0 bridgehead atoms. The van der Waals surface area contributed by atoms with Gasteiger partial charge in [-0.15, -0.1) is 31.2 Å². The molecule has 0 radical (unpaired) electrons. The molecule has 2 aliphatic carbocycles. The first-order chi connectivity index (χ1) is 6.97. The van der Waals surface area contributed by atoms with Crippen molar-refractivity contribution >= 4 is 30.9 Å². The fourth-order valence-corrected chi connectivity index (χ4v) is 1.54. The predicted molar refractivity (Wildman–Crippen MR) is 75.2 cm³/mol. The van der Waals surface area contributed by atoms with Crippen LogP contribution < -0.4 is 0 Å². The molecule has 0 heterocycles. The molecule has 0 fully saturated rings. The molecule has 0 aromatic heterocycles. The van der Waals surface area contributed by atoms with E-state index in [1.54, 1.807) is 0 Å². The molecule has 17 heavy (non-hydrogen) atoms. The maximum Gasteiger partial charge on any atom is 0 e. The van der Waals surface area contributed by atoms with Crippen LogP contribution in [0.25, 0.3) is 6.08 Å². The second-order valence-corrected chi connectivity index (χ2v) is 3.31. The minimum Gasteiger partial charge on any atom is -0.273 e. The summed E-state index contributed by atoms with van der Waals surface area (Å²) < 4.78 is 0. The zero-order valence-corrected chi connectivity index (χ0v) is 13.5. The van der Waals surface area contributed by atoms with E-state index in [2.05, 4.69) is 48.6 Å². The van der Waals surface area contributed by atoms with Crippen LogP contribution >= 0.6 is 24.8 Å². The standard InChI is InChI=1S/C9H8.C5H5.2ClH.Zr/c1-2-5-9-7-3-6-8(9)4-1;1-2-4-5-3-1;;;/h1-6H,7H2;1-3H,4H2;2*1H;/q;-1;;;. The summed E-state index contributed by atoms with van der Waals surface area (Å²) in [5.74, 6) is 0. The van der Waals surface area contributed by atoms with E-state index < -0.39 is 0 Å². The fraction of sp³-hybridized carbons (Fsp3) is 0.143. The first-order valence-electron chi connectivity index (χ1n) is 4.93. The molecular formula is C14H15Cl2Zr-. The van der Waals surface area contributed by atoms with Gasteiger partial charge < -0.3 is 0 Å². The third-order valence-corrected chi connectivity index (χ3v) is 2.28. The van der Waals surface area contributed by atoms with Crippen molar-refractivity contribution in [2.75, 3.05) is 0 Å². The zero-order valence-electron chi connectivity index (χ0n) is 9.43. The Labute approximate surface area is 135 Å². The quantitative estimate of drug-likeness (QED) is 0.611. The molecule has 0 unspecified atom stereocenters. The van der Waals surface area contributed by atoms with E-state index in [1.807, 2.05) is 12.2 Å². The largest absolute Gasteiger partial charge is 0.273 e. The third kappa shape index (κ3) is 6.41. The maximum atomic E-state index is 2.99. The van der Waals surface area contributed by atoms with E-state index in [0.717, 1.165) is 12.8 Å². The van der Waals surface area contributed by atoms with Crippen molar-refractivity contribution in [2.24, 2.45) is 0 Å². The Kier molecular flexibility index (Phi) is 12.5. The van der Waals surface area contributed by atoms with E-state index >= 15 is 0 Å². The normalized spacial score (nSPS) is 12.5. The first kappa shape index (κ1) is 19.2. The Morgan fingerprint density at radius 1 is 1.00 bits per heavy atom. The van der Waals surface area contributed by atoms with Gasteiger partial charge in [-0.1, -0.05) is 36.4 Å². The van der Waals surface area contributed by atoms with Crippen molar-refractivity contribution in [3.8, 4) is 0 Å². The summed E-state index contributed by atoms with van der Waals surface area (Å²) in [6.45, 7) is 0. The van der Waals surface area contributed by atoms with Crippen molar-refractivity contribution in [3.63, 3.8) is 0 Å². The van der Waals surface area contributed by atoms with E-state index in [0.29, 0.717) is 0 Å². The van der Waals surface area contributed by atoms with Gasteiger partial charge in [0, 0.05) is 26.2 Å². The summed E-state index contributed by atoms with van der Waals surface area (Å²) in [6, 6.07) is 8.49. The van der Waals surface area contributed by atoms with Crippen LogP contribution in [0.1, 0.15) is 17.5 Å². The molecule has 0 atom stereocenters. The second kappa shape index (κ2) is 11.0. The Bertz CT molecular complexity index is 385. The van der Waals surface area contributed by atoms with Gasteiger partial charge in [0.1, 0.15) is 0 Å². The van der Waals surface area contributed by atoms with Gasteiger partial charge in [-0.3, -0.25) is 6.08 Å². The van der Waals surface area contributed by atoms with Gasteiger partial charge in [-0.2, -0.15) is 6.08 Å². The molecule has 0 saturated carbocycles. The van der Waals surface area contributed by atoms with E-state index in [1.165, 1.54) is 11.1 Å². The third-order valence-electron chi connectivity index (χ3n) is 2.28. The minimum atomic E-state index is 0. The summed E-state index contributed by atoms with van der Waals surface area (Å²) >= 11 is 0. The molecule has 0 N–H and O–H groups in total. The molecule has 0 spiro atoms. The summed E-state index contributed by atoms with van der Waals surface area (Å²) in [4.78, 5) is 0. The molecule has 1 aromatic carbocycles. The van der Waals surface area contributed by atoms with Crippen LogP contribution in [-0.2, 0) is 32.6 Å². The van der Waals surface area contributed by atoms with Gasteiger partial charge >= 0.3 is 0 Å². The topological polar surface area (TPSA) is 0 Å². The summed E-state index contributed by atoms with van der Waals surface area (Å²) in [7, 11) is 0. The molecule has 2 aliphatic rings. The first-order valence-corrected chi connectivity index (χ1v) is 4.93. The van der Waals surface area contributed by atoms with Gasteiger partial charge in [-0.05, 0) is 17.5 Å². The van der Waals surface area contributed by atoms with Gasteiger partial charge in [0.15, 0.2) is 0 Å². The van der Waals surface area contributed by atoms with Crippen molar-refractivity contribution < 1.29 is 26.2 Å². The Morgan fingerprint density at radius 2 is 1.76 bits per heavy atom. The fourth-order valence-electron chi connectivity index (χ4n) is 1.54. The molecule has 0 nitrogen and oxygen atoms in total. The van der Waals surface area contributed by atoms with Crippen LogP contribution in [0.2, 0.25) is 0 Å². The summed E-state index contributed by atoms with van der Waals surface area (Å²) in [5, 5.41) is 0. The van der Waals surface area contributed by atoms with Crippen molar-refractivity contribution in [2.45, 2.75) is 12.8 Å². The number of halogens is 2. The second-order valence-electron chi connectivity index (χ2n) is 3.31. The van der Waals surface area contributed by atoms with Gasteiger partial charge in [-0.25, -0.2) is 12.2 Å². The van der Waals surface area contributed by atoms with Crippen LogP contribution in [0.5, 0.6) is 0 Å². The molecule has 3 rings (SSSR count). The number of benzene rings is 1. The number of hydrogen-bond donors (Lipinski definition) is 0. The molecule has 0 amide bonds. The van der Waals surface area contributed by atoms with E-state index in [9.17, 15) is 0 Å². The summed E-state index contributed by atoms with van der Waals surface area (Å²) in [5.41, 5.74) is 2.84. The Balaban J connectivity index is 0. The van der Waals surface area contributed by atoms with E-state index in [-0.39, 0.29) is 51.0 Å². The van der Waals surface area contributed by atoms with E-state index in [4.69, 9.17) is 0 Å². The molecule has 90 valence electrons. The Hall–Kier alpha value is -0.0969. The monoisotopic (exact) mass is 343 g/mol. The SMILES string of the molecule is C1=Cc2ccccc2C1.Cl.Cl.[C-]1=CC=CC1.[Zr]. The van der Waals surface area contributed by atoms with Crippen LogP contribution in [-0.4, -0.2) is 0 Å². The Morgan fingerprint density at radius 3 is 2.29 bits per heavy atom. The van der Waals surface area contributed by atoms with Crippen molar-refractivity contribution in [1.29, 1.82) is 0 Å². The maximum absolute atomic E-state index is 2.99. The zero-order chi connectivity index (χ0) is 9.64. The van der Waals surface area contributed by atoms with Crippen LogP contribution in [0.4, 0.5) is 0 Å². The molecular weight excluding hydrogens is 330 g/mol. The molecule has 3 heteroatoms. The average molecular weight is 345 g/mol. The van der Waals surface area contributed by atoms with Gasteiger partial charge in [0.05, 0.1) is 0 Å². The number of rotatable bonds is 0. The number of allylic oxidation sites excluding steroid dienone is 5. The molecule has 0 saturated heterocycles. The molecule has 1 aromatic rings. The minimum absolute atomic E-state index is 0. The smallest absolute Gasteiger partial charge is 0 e. The van der Waals surface area contributed by atoms with Gasteiger partial charge in [0.25, 0.3) is 0 Å². The average Bonchev–Trinajstić information content (AvgIpc) is 2.92.